The van der Waals surface area contributed by atoms with Crippen molar-refractivity contribution in [3.63, 3.8) is 0 Å². The Kier molecular flexibility index (Phi) is 3.36. The lowest BCUT2D eigenvalue weighted by Gasteiger charge is -2.06. The zero-order valence-electron chi connectivity index (χ0n) is 13.2. The molecule has 0 radical (unpaired) electrons. The highest BCUT2D eigenvalue weighted by atomic mass is 15.4. The Morgan fingerprint density at radius 3 is 2.71 bits per heavy atom. The average Bonchev–Trinajstić information content (AvgIpc) is 3.21. The van der Waals surface area contributed by atoms with Crippen LogP contribution in [0.3, 0.4) is 0 Å². The molecular formula is C19H15N5. The van der Waals surface area contributed by atoms with Crippen LogP contribution in [0.25, 0.3) is 16.6 Å². The quantitative estimate of drug-likeness (QED) is 0.629. The number of rotatable bonds is 3. The number of aromatic amines is 1. The lowest BCUT2D eigenvalue weighted by molar-refractivity contribution is 0.773. The van der Waals surface area contributed by atoms with Gasteiger partial charge in [0.1, 0.15) is 6.07 Å². The van der Waals surface area contributed by atoms with E-state index in [1.165, 1.54) is 5.56 Å². The van der Waals surface area contributed by atoms with Crippen LogP contribution >= 0.6 is 0 Å². The molecule has 2 aromatic heterocycles. The summed E-state index contributed by atoms with van der Waals surface area (Å²) in [7, 11) is 0. The SMILES string of the molecule is Cc1ccc(-n2nnc(C#N)c2Cc2c[nH]c3ccccc23)cc1. The van der Waals surface area contributed by atoms with Gasteiger partial charge in [0, 0.05) is 23.5 Å². The normalized spacial score (nSPS) is 10.8. The first kappa shape index (κ1) is 14.2. The molecule has 4 rings (SSSR count). The second-order valence-corrected chi connectivity index (χ2v) is 5.78. The number of aryl methyl sites for hydroxylation is 1. The van der Waals surface area contributed by atoms with Gasteiger partial charge in [-0.2, -0.15) is 5.26 Å². The van der Waals surface area contributed by atoms with Gasteiger partial charge in [0.15, 0.2) is 5.69 Å². The summed E-state index contributed by atoms with van der Waals surface area (Å²) in [6.07, 6.45) is 2.58. The summed E-state index contributed by atoms with van der Waals surface area (Å²) in [5, 5.41) is 18.8. The molecule has 0 saturated heterocycles. The van der Waals surface area contributed by atoms with E-state index in [-0.39, 0.29) is 0 Å². The van der Waals surface area contributed by atoms with Crippen molar-refractivity contribution >= 4 is 10.9 Å². The van der Waals surface area contributed by atoms with Crippen molar-refractivity contribution in [2.75, 3.05) is 0 Å². The van der Waals surface area contributed by atoms with Crippen LogP contribution in [-0.4, -0.2) is 20.0 Å². The summed E-state index contributed by atoms with van der Waals surface area (Å²) < 4.78 is 1.75. The number of aromatic nitrogens is 4. The maximum absolute atomic E-state index is 9.39. The van der Waals surface area contributed by atoms with Crippen molar-refractivity contribution in [2.45, 2.75) is 13.3 Å². The highest BCUT2D eigenvalue weighted by Crippen LogP contribution is 2.23. The molecule has 0 fully saturated rings. The van der Waals surface area contributed by atoms with E-state index < -0.39 is 0 Å². The summed E-state index contributed by atoms with van der Waals surface area (Å²) in [4.78, 5) is 3.27. The number of para-hydroxylation sites is 1. The number of hydrogen-bond acceptors (Lipinski definition) is 3. The van der Waals surface area contributed by atoms with Gasteiger partial charge in [-0.25, -0.2) is 4.68 Å². The highest BCUT2D eigenvalue weighted by molar-refractivity contribution is 5.83. The van der Waals surface area contributed by atoms with Gasteiger partial charge < -0.3 is 4.98 Å². The molecule has 2 aromatic carbocycles. The van der Waals surface area contributed by atoms with Crippen LogP contribution in [0.2, 0.25) is 0 Å². The smallest absolute Gasteiger partial charge is 0.186 e. The Morgan fingerprint density at radius 1 is 1.12 bits per heavy atom. The minimum atomic E-state index is 0.362. The van der Waals surface area contributed by atoms with Crippen LogP contribution < -0.4 is 0 Å². The molecule has 0 saturated carbocycles. The standard InChI is InChI=1S/C19H15N5/c1-13-6-8-15(9-7-13)24-19(18(11-20)22-23-24)10-14-12-21-17-5-3-2-4-16(14)17/h2-9,12,21H,10H2,1H3. The van der Waals surface area contributed by atoms with E-state index in [0.29, 0.717) is 12.1 Å². The van der Waals surface area contributed by atoms with Crippen molar-refractivity contribution in [2.24, 2.45) is 0 Å². The van der Waals surface area contributed by atoms with Gasteiger partial charge in [-0.15, -0.1) is 5.10 Å². The molecule has 1 N–H and O–H groups in total. The number of H-pyrrole nitrogens is 1. The van der Waals surface area contributed by atoms with E-state index >= 15 is 0 Å². The van der Waals surface area contributed by atoms with Gasteiger partial charge in [-0.1, -0.05) is 41.1 Å². The van der Waals surface area contributed by atoms with Gasteiger partial charge in [0.25, 0.3) is 0 Å². The number of nitrogens with zero attached hydrogens (tertiary/aromatic N) is 4. The maximum atomic E-state index is 9.39. The molecule has 4 aromatic rings. The van der Waals surface area contributed by atoms with Gasteiger partial charge in [0.2, 0.25) is 0 Å². The minimum Gasteiger partial charge on any atom is -0.361 e. The predicted molar refractivity (Wildman–Crippen MR) is 91.9 cm³/mol. The predicted octanol–water partition coefficient (Wildman–Crippen LogP) is 3.52. The van der Waals surface area contributed by atoms with Crippen molar-refractivity contribution in [3.05, 3.63) is 77.2 Å². The molecule has 0 aliphatic carbocycles. The Hall–Kier alpha value is -3.39. The zero-order valence-corrected chi connectivity index (χ0v) is 13.2. The number of benzene rings is 2. The minimum absolute atomic E-state index is 0.362. The van der Waals surface area contributed by atoms with Crippen LogP contribution in [0.4, 0.5) is 0 Å². The van der Waals surface area contributed by atoms with Crippen molar-refractivity contribution in [1.29, 1.82) is 5.26 Å². The van der Waals surface area contributed by atoms with Crippen LogP contribution in [0.5, 0.6) is 0 Å². The molecule has 0 atom stereocenters. The number of nitriles is 1. The number of hydrogen-bond donors (Lipinski definition) is 1. The molecule has 0 unspecified atom stereocenters. The largest absolute Gasteiger partial charge is 0.361 e. The lowest BCUT2D eigenvalue weighted by atomic mass is 10.1. The van der Waals surface area contributed by atoms with Crippen molar-refractivity contribution in [3.8, 4) is 11.8 Å². The van der Waals surface area contributed by atoms with Crippen LogP contribution in [0.1, 0.15) is 22.5 Å². The van der Waals surface area contributed by atoms with Gasteiger partial charge in [0.05, 0.1) is 11.4 Å². The molecule has 0 aliphatic heterocycles. The van der Waals surface area contributed by atoms with Crippen molar-refractivity contribution < 1.29 is 0 Å². The average molecular weight is 313 g/mol. The molecule has 5 nitrogen and oxygen atoms in total. The zero-order chi connectivity index (χ0) is 16.5. The number of nitrogens with one attached hydrogen (secondary N) is 1. The van der Waals surface area contributed by atoms with E-state index in [9.17, 15) is 5.26 Å². The fourth-order valence-corrected chi connectivity index (χ4v) is 2.90. The Labute approximate surface area is 139 Å². The second kappa shape index (κ2) is 5.67. The summed E-state index contributed by atoms with van der Waals surface area (Å²) in [6, 6.07) is 18.3. The van der Waals surface area contributed by atoms with E-state index in [4.69, 9.17) is 0 Å². The topological polar surface area (TPSA) is 70.3 Å². The first-order chi connectivity index (χ1) is 11.8. The Balaban J connectivity index is 1.81. The number of fused-ring (bicyclic) bond motifs is 1. The fourth-order valence-electron chi connectivity index (χ4n) is 2.90. The van der Waals surface area contributed by atoms with E-state index in [1.54, 1.807) is 4.68 Å². The summed E-state index contributed by atoms with van der Waals surface area (Å²) in [6.45, 7) is 2.04. The third-order valence-electron chi connectivity index (χ3n) is 4.18. The molecule has 0 aliphatic rings. The van der Waals surface area contributed by atoms with E-state index in [1.807, 2.05) is 55.6 Å². The van der Waals surface area contributed by atoms with Crippen molar-refractivity contribution in [1.82, 2.24) is 20.0 Å². The third-order valence-corrected chi connectivity index (χ3v) is 4.18. The van der Waals surface area contributed by atoms with E-state index in [2.05, 4.69) is 27.4 Å². The molecule has 116 valence electrons. The Morgan fingerprint density at radius 2 is 1.92 bits per heavy atom. The molecule has 0 amide bonds. The monoisotopic (exact) mass is 313 g/mol. The summed E-state index contributed by atoms with van der Waals surface area (Å²) in [5.41, 5.74) is 5.45. The molecule has 24 heavy (non-hydrogen) atoms. The van der Waals surface area contributed by atoms with Crippen LogP contribution in [-0.2, 0) is 6.42 Å². The van der Waals surface area contributed by atoms with Gasteiger partial charge in [-0.05, 0) is 30.7 Å². The first-order valence-electron chi connectivity index (χ1n) is 7.73. The van der Waals surface area contributed by atoms with Gasteiger partial charge in [-0.3, -0.25) is 0 Å². The molecule has 2 heterocycles. The Bertz CT molecular complexity index is 1050. The lowest BCUT2D eigenvalue weighted by Crippen LogP contribution is -2.04. The highest BCUT2D eigenvalue weighted by Gasteiger charge is 2.16. The van der Waals surface area contributed by atoms with E-state index in [0.717, 1.165) is 27.8 Å². The fraction of sp³-hybridized carbons (Fsp3) is 0.105. The molecular weight excluding hydrogens is 298 g/mol. The summed E-state index contributed by atoms with van der Waals surface area (Å²) in [5.74, 6) is 0. The molecule has 0 spiro atoms. The second-order valence-electron chi connectivity index (χ2n) is 5.78. The molecule has 5 heteroatoms. The first-order valence-corrected chi connectivity index (χ1v) is 7.73. The van der Waals surface area contributed by atoms with Crippen LogP contribution in [0, 0.1) is 18.3 Å². The summed E-state index contributed by atoms with van der Waals surface area (Å²) >= 11 is 0. The maximum Gasteiger partial charge on any atom is 0.186 e. The van der Waals surface area contributed by atoms with Gasteiger partial charge >= 0.3 is 0 Å². The molecule has 0 bridgehead atoms. The van der Waals surface area contributed by atoms with Crippen LogP contribution in [0.15, 0.2) is 54.7 Å². The third kappa shape index (κ3) is 2.34.